The minimum atomic E-state index is -0.337. The van der Waals surface area contributed by atoms with E-state index < -0.39 is 0 Å². The highest BCUT2D eigenvalue weighted by Crippen LogP contribution is 2.31. The molecule has 8 heteroatoms. The summed E-state index contributed by atoms with van der Waals surface area (Å²) in [6.07, 6.45) is 2.21. The van der Waals surface area contributed by atoms with Gasteiger partial charge in [-0.2, -0.15) is 5.10 Å². The monoisotopic (exact) mass is 495 g/mol. The first kappa shape index (κ1) is 21.8. The van der Waals surface area contributed by atoms with Gasteiger partial charge in [-0.05, 0) is 66.0 Å². The standard InChI is InChI=1S/C24H22BrN3O4/c1-14-21-19(27-28-23(29)15-7-5-8-16(13-15)31-2)11-6-12-20(21)32-22(14)24(30)26-18-10-4-3-9-17(18)25/h3-5,7-10,13H,6,11-12H2,1-2H3,(H,26,30)(H,28,29)/b27-19+. The SMILES string of the molecule is COc1cccc(C(=O)N/N=C2\CCCc3oc(C(=O)Nc4ccccc4Br)c(C)c32)c1. The zero-order valence-corrected chi connectivity index (χ0v) is 19.3. The molecule has 1 aliphatic carbocycles. The van der Waals surface area contributed by atoms with Gasteiger partial charge in [-0.15, -0.1) is 0 Å². The zero-order valence-electron chi connectivity index (χ0n) is 17.7. The van der Waals surface area contributed by atoms with Gasteiger partial charge in [0.1, 0.15) is 11.5 Å². The largest absolute Gasteiger partial charge is 0.497 e. The van der Waals surface area contributed by atoms with Crippen LogP contribution < -0.4 is 15.5 Å². The van der Waals surface area contributed by atoms with Crippen molar-refractivity contribution in [1.82, 2.24) is 5.43 Å². The van der Waals surface area contributed by atoms with Crippen LogP contribution in [0.5, 0.6) is 5.75 Å². The van der Waals surface area contributed by atoms with E-state index in [2.05, 4.69) is 31.8 Å². The predicted octanol–water partition coefficient (Wildman–Crippen LogP) is 5.08. The summed E-state index contributed by atoms with van der Waals surface area (Å²) < 4.78 is 11.9. The van der Waals surface area contributed by atoms with E-state index in [4.69, 9.17) is 9.15 Å². The van der Waals surface area contributed by atoms with E-state index in [1.165, 1.54) is 0 Å². The number of carbonyl (C=O) groups is 2. The molecule has 1 aromatic heterocycles. The number of amides is 2. The maximum atomic E-state index is 12.9. The lowest BCUT2D eigenvalue weighted by Crippen LogP contribution is -2.22. The molecule has 0 radical (unpaired) electrons. The van der Waals surface area contributed by atoms with Crippen molar-refractivity contribution >= 4 is 39.1 Å². The Morgan fingerprint density at radius 1 is 1.09 bits per heavy atom. The van der Waals surface area contributed by atoms with Crippen molar-refractivity contribution in [2.24, 2.45) is 5.10 Å². The second kappa shape index (κ2) is 9.40. The fourth-order valence-electron chi connectivity index (χ4n) is 3.69. The average Bonchev–Trinajstić information content (AvgIpc) is 3.16. The summed E-state index contributed by atoms with van der Waals surface area (Å²) in [4.78, 5) is 25.4. The third-order valence-corrected chi connectivity index (χ3v) is 5.97. The number of benzene rings is 2. The number of aryl methyl sites for hydroxylation is 1. The molecule has 1 heterocycles. The van der Waals surface area contributed by atoms with E-state index in [1.54, 1.807) is 37.4 Å². The molecule has 0 unspecified atom stereocenters. The van der Waals surface area contributed by atoms with Crippen molar-refractivity contribution in [2.75, 3.05) is 12.4 Å². The number of ether oxygens (including phenoxy) is 1. The number of carbonyl (C=O) groups excluding carboxylic acids is 2. The molecule has 0 aliphatic heterocycles. The number of hydrazone groups is 1. The Morgan fingerprint density at radius 3 is 2.69 bits per heavy atom. The number of nitrogens with zero attached hydrogens (tertiary/aromatic N) is 1. The third-order valence-electron chi connectivity index (χ3n) is 5.28. The first-order valence-corrected chi connectivity index (χ1v) is 11.0. The number of anilines is 1. The molecule has 2 amide bonds. The summed E-state index contributed by atoms with van der Waals surface area (Å²) in [6.45, 7) is 1.84. The molecule has 32 heavy (non-hydrogen) atoms. The second-order valence-electron chi connectivity index (χ2n) is 7.37. The van der Waals surface area contributed by atoms with E-state index in [1.807, 2.05) is 25.1 Å². The highest BCUT2D eigenvalue weighted by atomic mass is 79.9. The van der Waals surface area contributed by atoms with Gasteiger partial charge in [-0.1, -0.05) is 18.2 Å². The van der Waals surface area contributed by atoms with Gasteiger partial charge in [0.2, 0.25) is 0 Å². The summed E-state index contributed by atoms with van der Waals surface area (Å²) in [5.41, 5.74) is 5.92. The summed E-state index contributed by atoms with van der Waals surface area (Å²) in [5.74, 6) is 0.886. The molecule has 164 valence electrons. The Kier molecular flexibility index (Phi) is 6.41. The lowest BCUT2D eigenvalue weighted by Gasteiger charge is -2.13. The first-order chi connectivity index (χ1) is 15.5. The average molecular weight is 496 g/mol. The van der Waals surface area contributed by atoms with Crippen molar-refractivity contribution in [3.8, 4) is 5.75 Å². The highest BCUT2D eigenvalue weighted by Gasteiger charge is 2.28. The van der Waals surface area contributed by atoms with Gasteiger partial charge in [-0.25, -0.2) is 5.43 Å². The lowest BCUT2D eigenvalue weighted by molar-refractivity contribution is 0.0953. The Labute approximate surface area is 194 Å². The van der Waals surface area contributed by atoms with Crippen LogP contribution in [0.3, 0.4) is 0 Å². The molecule has 4 rings (SSSR count). The van der Waals surface area contributed by atoms with E-state index in [9.17, 15) is 9.59 Å². The van der Waals surface area contributed by atoms with Crippen LogP contribution in [0.25, 0.3) is 0 Å². The Bertz CT molecular complexity index is 1220. The van der Waals surface area contributed by atoms with Gasteiger partial charge in [0, 0.05) is 27.6 Å². The molecule has 0 spiro atoms. The number of nitrogens with one attached hydrogen (secondary N) is 2. The van der Waals surface area contributed by atoms with Crippen LogP contribution in [0.2, 0.25) is 0 Å². The van der Waals surface area contributed by atoms with Crippen LogP contribution in [-0.2, 0) is 6.42 Å². The van der Waals surface area contributed by atoms with Crippen LogP contribution in [0.1, 0.15) is 50.6 Å². The van der Waals surface area contributed by atoms with Crippen molar-refractivity contribution in [3.63, 3.8) is 0 Å². The number of hydrogen-bond donors (Lipinski definition) is 2. The Morgan fingerprint density at radius 2 is 1.91 bits per heavy atom. The number of fused-ring (bicyclic) bond motifs is 1. The van der Waals surface area contributed by atoms with Crippen molar-refractivity contribution in [2.45, 2.75) is 26.2 Å². The van der Waals surface area contributed by atoms with Gasteiger partial charge >= 0.3 is 0 Å². The molecule has 0 bridgehead atoms. The molecule has 2 aromatic carbocycles. The molecule has 0 atom stereocenters. The van der Waals surface area contributed by atoms with Gasteiger partial charge in [0.25, 0.3) is 11.8 Å². The van der Waals surface area contributed by atoms with E-state index in [0.29, 0.717) is 46.9 Å². The van der Waals surface area contributed by atoms with Crippen molar-refractivity contribution in [1.29, 1.82) is 0 Å². The lowest BCUT2D eigenvalue weighted by atomic mass is 9.93. The molecular formula is C24H22BrN3O4. The molecule has 1 aliphatic rings. The highest BCUT2D eigenvalue weighted by molar-refractivity contribution is 9.10. The van der Waals surface area contributed by atoms with Gasteiger partial charge in [-0.3, -0.25) is 9.59 Å². The fraction of sp³-hybridized carbons (Fsp3) is 0.208. The van der Waals surface area contributed by atoms with Gasteiger partial charge in [0.05, 0.1) is 18.5 Å². The quantitative estimate of drug-likeness (QED) is 0.482. The van der Waals surface area contributed by atoms with Crippen LogP contribution in [0, 0.1) is 6.92 Å². The zero-order chi connectivity index (χ0) is 22.7. The van der Waals surface area contributed by atoms with E-state index in [0.717, 1.165) is 16.5 Å². The second-order valence-corrected chi connectivity index (χ2v) is 8.23. The predicted molar refractivity (Wildman–Crippen MR) is 125 cm³/mol. The number of methoxy groups -OCH3 is 1. The number of rotatable bonds is 5. The van der Waals surface area contributed by atoms with Gasteiger partial charge < -0.3 is 14.5 Å². The maximum Gasteiger partial charge on any atom is 0.291 e. The van der Waals surface area contributed by atoms with Crippen LogP contribution >= 0.6 is 15.9 Å². The summed E-state index contributed by atoms with van der Waals surface area (Å²) in [6, 6.07) is 14.2. The topological polar surface area (TPSA) is 92.9 Å². The molecule has 2 N–H and O–H groups in total. The fourth-order valence-corrected chi connectivity index (χ4v) is 4.07. The number of halogens is 1. The number of furan rings is 1. The Balaban J connectivity index is 1.57. The summed E-state index contributed by atoms with van der Waals surface area (Å²) >= 11 is 3.43. The minimum Gasteiger partial charge on any atom is -0.497 e. The normalized spacial score (nSPS) is 14.0. The molecule has 7 nitrogen and oxygen atoms in total. The maximum absolute atomic E-state index is 12.9. The summed E-state index contributed by atoms with van der Waals surface area (Å²) in [7, 11) is 1.55. The number of hydrogen-bond acceptors (Lipinski definition) is 5. The Hall–Kier alpha value is -3.39. The van der Waals surface area contributed by atoms with Crippen LogP contribution in [0.15, 0.2) is 62.5 Å². The van der Waals surface area contributed by atoms with E-state index >= 15 is 0 Å². The smallest absolute Gasteiger partial charge is 0.291 e. The van der Waals surface area contributed by atoms with E-state index in [-0.39, 0.29) is 17.6 Å². The first-order valence-electron chi connectivity index (χ1n) is 10.2. The van der Waals surface area contributed by atoms with Crippen LogP contribution in [-0.4, -0.2) is 24.6 Å². The minimum absolute atomic E-state index is 0.250. The molecule has 0 saturated carbocycles. The molecule has 3 aromatic rings. The van der Waals surface area contributed by atoms with Crippen molar-refractivity contribution in [3.05, 3.63) is 81.2 Å². The van der Waals surface area contributed by atoms with Crippen molar-refractivity contribution < 1.29 is 18.7 Å². The molecule has 0 fully saturated rings. The number of para-hydroxylation sites is 1. The summed E-state index contributed by atoms with van der Waals surface area (Å²) in [5, 5.41) is 7.24. The third kappa shape index (κ3) is 4.45. The molecular weight excluding hydrogens is 474 g/mol. The van der Waals surface area contributed by atoms with Gasteiger partial charge in [0.15, 0.2) is 5.76 Å². The molecule has 0 saturated heterocycles. The van der Waals surface area contributed by atoms with Crippen LogP contribution in [0.4, 0.5) is 5.69 Å².